The normalized spacial score (nSPS) is 21.1. The van der Waals surface area contributed by atoms with Gasteiger partial charge < -0.3 is 10.2 Å². The van der Waals surface area contributed by atoms with Gasteiger partial charge in [-0.15, -0.1) is 0 Å². The molecule has 1 aromatic carbocycles. The zero-order valence-electron chi connectivity index (χ0n) is 10.6. The Morgan fingerprint density at radius 1 is 1.35 bits per heavy atom. The van der Waals surface area contributed by atoms with E-state index in [-0.39, 0.29) is 5.91 Å². The molecular formula is C14H20N2O. The molecule has 1 heterocycles. The van der Waals surface area contributed by atoms with Crippen LogP contribution in [0.1, 0.15) is 29.3 Å². The van der Waals surface area contributed by atoms with E-state index in [1.807, 2.05) is 36.1 Å². The van der Waals surface area contributed by atoms with Crippen LogP contribution < -0.4 is 5.32 Å². The second kappa shape index (κ2) is 5.32. The fourth-order valence-electron chi connectivity index (χ4n) is 2.28. The number of nitrogens with one attached hydrogen (secondary N) is 1. The number of rotatable bonds is 1. The number of carbonyl (C=O) groups excluding carboxylic acids is 1. The van der Waals surface area contributed by atoms with Gasteiger partial charge in [-0.2, -0.15) is 0 Å². The minimum Gasteiger partial charge on any atom is -0.335 e. The Balaban J connectivity index is 2.21. The molecule has 1 aromatic rings. The van der Waals surface area contributed by atoms with E-state index in [4.69, 9.17) is 0 Å². The van der Waals surface area contributed by atoms with Crippen LogP contribution in [0.15, 0.2) is 24.3 Å². The van der Waals surface area contributed by atoms with Gasteiger partial charge in [-0.3, -0.25) is 4.79 Å². The first-order chi connectivity index (χ1) is 8.20. The number of aryl methyl sites for hydroxylation is 1. The zero-order chi connectivity index (χ0) is 12.3. The van der Waals surface area contributed by atoms with Crippen LogP contribution in [0.5, 0.6) is 0 Å². The van der Waals surface area contributed by atoms with Crippen molar-refractivity contribution in [3.8, 4) is 0 Å². The molecular weight excluding hydrogens is 212 g/mol. The van der Waals surface area contributed by atoms with E-state index in [2.05, 4.69) is 12.2 Å². The topological polar surface area (TPSA) is 32.3 Å². The summed E-state index contributed by atoms with van der Waals surface area (Å²) in [5.74, 6) is 0.166. The lowest BCUT2D eigenvalue weighted by Crippen LogP contribution is -2.39. The summed E-state index contributed by atoms with van der Waals surface area (Å²) < 4.78 is 0. The predicted molar refractivity (Wildman–Crippen MR) is 69.2 cm³/mol. The molecule has 1 saturated heterocycles. The van der Waals surface area contributed by atoms with Gasteiger partial charge in [0.05, 0.1) is 0 Å². The second-order valence-corrected chi connectivity index (χ2v) is 4.70. The highest BCUT2D eigenvalue weighted by atomic mass is 16.2. The van der Waals surface area contributed by atoms with Crippen LogP contribution in [0.25, 0.3) is 0 Å². The molecule has 17 heavy (non-hydrogen) atoms. The fraction of sp³-hybridized carbons (Fsp3) is 0.500. The largest absolute Gasteiger partial charge is 0.335 e. The first-order valence-corrected chi connectivity index (χ1v) is 6.27. The van der Waals surface area contributed by atoms with Crippen molar-refractivity contribution in [2.75, 3.05) is 19.6 Å². The van der Waals surface area contributed by atoms with Gasteiger partial charge in [0.1, 0.15) is 0 Å². The molecule has 0 bridgehead atoms. The standard InChI is InChI=1S/C14H20N2O/c1-11-5-3-4-6-13(11)14(17)16-10-9-15-8-7-12(16)2/h3-6,12,15H,7-10H2,1-2H3. The van der Waals surface area contributed by atoms with Gasteiger partial charge in [-0.05, 0) is 38.4 Å². The molecule has 3 nitrogen and oxygen atoms in total. The summed E-state index contributed by atoms with van der Waals surface area (Å²) in [5, 5.41) is 3.33. The van der Waals surface area contributed by atoms with Gasteiger partial charge in [0.15, 0.2) is 0 Å². The van der Waals surface area contributed by atoms with E-state index in [9.17, 15) is 4.79 Å². The van der Waals surface area contributed by atoms with Crippen molar-refractivity contribution in [3.05, 3.63) is 35.4 Å². The van der Waals surface area contributed by atoms with Gasteiger partial charge in [0, 0.05) is 24.7 Å². The van der Waals surface area contributed by atoms with Crippen molar-refractivity contribution < 1.29 is 4.79 Å². The van der Waals surface area contributed by atoms with Crippen LogP contribution >= 0.6 is 0 Å². The Bertz CT molecular complexity index is 403. The van der Waals surface area contributed by atoms with Gasteiger partial charge in [-0.25, -0.2) is 0 Å². The van der Waals surface area contributed by atoms with Crippen molar-refractivity contribution in [2.45, 2.75) is 26.3 Å². The summed E-state index contributed by atoms with van der Waals surface area (Å²) >= 11 is 0. The smallest absolute Gasteiger partial charge is 0.254 e. The van der Waals surface area contributed by atoms with Crippen LogP contribution in [0, 0.1) is 6.92 Å². The number of carbonyl (C=O) groups is 1. The molecule has 1 N–H and O–H groups in total. The Hall–Kier alpha value is -1.35. The molecule has 0 radical (unpaired) electrons. The van der Waals surface area contributed by atoms with Crippen molar-refractivity contribution in [1.82, 2.24) is 10.2 Å². The lowest BCUT2D eigenvalue weighted by atomic mass is 10.1. The number of amides is 1. The SMILES string of the molecule is Cc1ccccc1C(=O)N1CCNCCC1C. The van der Waals surface area contributed by atoms with Gasteiger partial charge in [0.25, 0.3) is 5.91 Å². The van der Waals surface area contributed by atoms with Gasteiger partial charge in [0.2, 0.25) is 0 Å². The first-order valence-electron chi connectivity index (χ1n) is 6.27. The maximum absolute atomic E-state index is 12.5. The minimum absolute atomic E-state index is 0.166. The summed E-state index contributed by atoms with van der Waals surface area (Å²) in [6.45, 7) is 6.81. The average Bonchev–Trinajstić information content (AvgIpc) is 2.54. The molecule has 0 spiro atoms. The molecule has 0 aliphatic carbocycles. The summed E-state index contributed by atoms with van der Waals surface area (Å²) in [5.41, 5.74) is 1.89. The number of benzene rings is 1. The molecule has 92 valence electrons. The number of hydrogen-bond acceptors (Lipinski definition) is 2. The highest BCUT2D eigenvalue weighted by Gasteiger charge is 2.23. The first kappa shape index (κ1) is 12.1. The Labute approximate surface area is 103 Å². The Kier molecular flexibility index (Phi) is 3.79. The second-order valence-electron chi connectivity index (χ2n) is 4.70. The fourth-order valence-corrected chi connectivity index (χ4v) is 2.28. The van der Waals surface area contributed by atoms with E-state index >= 15 is 0 Å². The summed E-state index contributed by atoms with van der Waals surface area (Å²) in [6.07, 6.45) is 1.03. The Morgan fingerprint density at radius 2 is 2.12 bits per heavy atom. The van der Waals surface area contributed by atoms with E-state index in [0.717, 1.165) is 37.2 Å². The van der Waals surface area contributed by atoms with Crippen molar-refractivity contribution in [2.24, 2.45) is 0 Å². The average molecular weight is 232 g/mol. The molecule has 2 rings (SSSR count). The van der Waals surface area contributed by atoms with E-state index < -0.39 is 0 Å². The maximum atomic E-state index is 12.5. The summed E-state index contributed by atoms with van der Waals surface area (Å²) in [7, 11) is 0. The summed E-state index contributed by atoms with van der Waals surface area (Å²) in [4.78, 5) is 14.5. The third-order valence-corrected chi connectivity index (χ3v) is 3.44. The summed E-state index contributed by atoms with van der Waals surface area (Å²) in [6, 6.07) is 8.13. The molecule has 1 amide bonds. The van der Waals surface area contributed by atoms with Crippen LogP contribution in [-0.2, 0) is 0 Å². The highest BCUT2D eigenvalue weighted by Crippen LogP contribution is 2.15. The van der Waals surface area contributed by atoms with E-state index in [0.29, 0.717) is 6.04 Å². The molecule has 3 heteroatoms. The highest BCUT2D eigenvalue weighted by molar-refractivity contribution is 5.95. The lowest BCUT2D eigenvalue weighted by Gasteiger charge is -2.27. The lowest BCUT2D eigenvalue weighted by molar-refractivity contribution is 0.0704. The van der Waals surface area contributed by atoms with E-state index in [1.54, 1.807) is 0 Å². The number of nitrogens with zero attached hydrogens (tertiary/aromatic N) is 1. The number of hydrogen-bond donors (Lipinski definition) is 1. The van der Waals surface area contributed by atoms with Crippen LogP contribution in [0.4, 0.5) is 0 Å². The quantitative estimate of drug-likeness (QED) is 0.801. The van der Waals surface area contributed by atoms with Crippen LogP contribution in [0.3, 0.4) is 0 Å². The van der Waals surface area contributed by atoms with Crippen molar-refractivity contribution >= 4 is 5.91 Å². The molecule has 1 atom stereocenters. The minimum atomic E-state index is 0.166. The molecule has 1 aliphatic rings. The third-order valence-electron chi connectivity index (χ3n) is 3.44. The molecule has 1 aliphatic heterocycles. The van der Waals surface area contributed by atoms with Crippen molar-refractivity contribution in [3.63, 3.8) is 0 Å². The Morgan fingerprint density at radius 3 is 2.88 bits per heavy atom. The van der Waals surface area contributed by atoms with Crippen LogP contribution in [0.2, 0.25) is 0 Å². The zero-order valence-corrected chi connectivity index (χ0v) is 10.6. The third kappa shape index (κ3) is 2.67. The molecule has 1 unspecified atom stereocenters. The predicted octanol–water partition coefficient (Wildman–Crippen LogP) is 1.82. The molecule has 0 saturated carbocycles. The van der Waals surface area contributed by atoms with E-state index in [1.165, 1.54) is 0 Å². The van der Waals surface area contributed by atoms with Crippen molar-refractivity contribution in [1.29, 1.82) is 0 Å². The maximum Gasteiger partial charge on any atom is 0.254 e. The van der Waals surface area contributed by atoms with Gasteiger partial charge >= 0.3 is 0 Å². The monoisotopic (exact) mass is 232 g/mol. The van der Waals surface area contributed by atoms with Crippen LogP contribution in [-0.4, -0.2) is 36.5 Å². The molecule has 1 fully saturated rings. The molecule has 0 aromatic heterocycles. The van der Waals surface area contributed by atoms with Gasteiger partial charge in [-0.1, -0.05) is 18.2 Å².